The number of carbonyl (C=O) groups excluding carboxylic acids is 1. The van der Waals surface area contributed by atoms with Gasteiger partial charge in [-0.2, -0.15) is 0 Å². The van der Waals surface area contributed by atoms with Gasteiger partial charge >= 0.3 is 5.97 Å². The first-order chi connectivity index (χ1) is 10.5. The number of fused-ring (bicyclic) bond motifs is 1. The van der Waals surface area contributed by atoms with E-state index < -0.39 is 5.97 Å². The van der Waals surface area contributed by atoms with Gasteiger partial charge in [0.25, 0.3) is 0 Å². The summed E-state index contributed by atoms with van der Waals surface area (Å²) >= 11 is 1.47. The van der Waals surface area contributed by atoms with E-state index in [4.69, 9.17) is 0 Å². The molecule has 0 radical (unpaired) electrons. The number of aryl methyl sites for hydroxylation is 1. The number of β-lactam (4-membered cyclic amide) rings is 1. The summed E-state index contributed by atoms with van der Waals surface area (Å²) in [6, 6.07) is 8.00. The number of allylic oxidation sites excluding steroid dienone is 1. The van der Waals surface area contributed by atoms with Crippen LogP contribution in [0, 0.1) is 12.8 Å². The van der Waals surface area contributed by atoms with Crippen molar-refractivity contribution in [1.82, 2.24) is 4.90 Å². The van der Waals surface area contributed by atoms with E-state index >= 15 is 0 Å². The molecular formula is C17H17NO3S. The molecule has 2 aliphatic rings. The molecule has 0 aromatic heterocycles. The molecule has 1 amide bonds. The standard InChI is InChI=1S/C17H17NO3S/c1-3-12-15(19)18-14(17(20)21)13(22-16(12)18)9-8-11-6-4-10(2)5-7-11/h4-9,12,16H,3H2,1-2H3,(H,20,21)/b9-8+/t12-,16+/m0/s1. The normalized spacial score (nSPS) is 23.9. The second kappa shape index (κ2) is 5.65. The van der Waals surface area contributed by atoms with Gasteiger partial charge in [0.1, 0.15) is 5.70 Å². The third-order valence-corrected chi connectivity index (χ3v) is 5.39. The number of amides is 1. The van der Waals surface area contributed by atoms with Crippen LogP contribution >= 0.6 is 11.8 Å². The van der Waals surface area contributed by atoms with Crippen LogP contribution in [0.1, 0.15) is 24.5 Å². The fourth-order valence-electron chi connectivity index (χ4n) is 2.75. The average Bonchev–Trinajstić information content (AvgIpc) is 2.82. The van der Waals surface area contributed by atoms with Crippen molar-refractivity contribution in [3.05, 3.63) is 52.1 Å². The maximum atomic E-state index is 12.0. The maximum absolute atomic E-state index is 12.0. The van der Waals surface area contributed by atoms with Crippen molar-refractivity contribution in [2.24, 2.45) is 5.92 Å². The first-order valence-corrected chi connectivity index (χ1v) is 8.13. The number of rotatable bonds is 4. The van der Waals surface area contributed by atoms with Gasteiger partial charge in [-0.25, -0.2) is 4.79 Å². The number of nitrogens with zero attached hydrogens (tertiary/aromatic N) is 1. The lowest BCUT2D eigenvalue weighted by Crippen LogP contribution is -2.56. The van der Waals surface area contributed by atoms with Crippen LogP contribution < -0.4 is 0 Å². The van der Waals surface area contributed by atoms with Crippen LogP contribution in [-0.2, 0) is 9.59 Å². The number of benzene rings is 1. The Morgan fingerprint density at radius 3 is 2.59 bits per heavy atom. The molecule has 0 aliphatic carbocycles. The highest BCUT2D eigenvalue weighted by molar-refractivity contribution is 8.04. The topological polar surface area (TPSA) is 57.6 Å². The molecule has 1 saturated heterocycles. The molecule has 3 rings (SSSR count). The molecule has 114 valence electrons. The van der Waals surface area contributed by atoms with Gasteiger partial charge in [-0.1, -0.05) is 54.6 Å². The molecule has 0 saturated carbocycles. The van der Waals surface area contributed by atoms with Crippen molar-refractivity contribution in [2.45, 2.75) is 25.6 Å². The summed E-state index contributed by atoms with van der Waals surface area (Å²) in [6.07, 6.45) is 4.44. The molecule has 0 spiro atoms. The van der Waals surface area contributed by atoms with E-state index in [1.165, 1.54) is 22.2 Å². The molecule has 1 N–H and O–H groups in total. The van der Waals surface area contributed by atoms with Crippen molar-refractivity contribution < 1.29 is 14.7 Å². The third kappa shape index (κ3) is 2.35. The van der Waals surface area contributed by atoms with Crippen molar-refractivity contribution in [3.63, 3.8) is 0 Å². The predicted octanol–water partition coefficient (Wildman–Crippen LogP) is 3.25. The van der Waals surface area contributed by atoms with Gasteiger partial charge in [-0.3, -0.25) is 9.69 Å². The van der Waals surface area contributed by atoms with E-state index in [0.717, 1.165) is 12.0 Å². The number of thioether (sulfide) groups is 1. The van der Waals surface area contributed by atoms with Gasteiger partial charge in [-0.05, 0) is 25.0 Å². The van der Waals surface area contributed by atoms with Crippen LogP contribution in [0.15, 0.2) is 40.9 Å². The highest BCUT2D eigenvalue weighted by Crippen LogP contribution is 2.50. The zero-order valence-corrected chi connectivity index (χ0v) is 13.3. The third-order valence-electron chi connectivity index (χ3n) is 4.02. The largest absolute Gasteiger partial charge is 0.477 e. The summed E-state index contributed by atoms with van der Waals surface area (Å²) < 4.78 is 0. The number of carbonyl (C=O) groups is 2. The Morgan fingerprint density at radius 1 is 1.32 bits per heavy atom. The van der Waals surface area contributed by atoms with E-state index in [0.29, 0.717) is 4.91 Å². The number of hydrogen-bond acceptors (Lipinski definition) is 3. The zero-order valence-electron chi connectivity index (χ0n) is 12.4. The highest BCUT2D eigenvalue weighted by atomic mass is 32.2. The summed E-state index contributed by atoms with van der Waals surface area (Å²) in [5.41, 5.74) is 2.31. The minimum Gasteiger partial charge on any atom is -0.477 e. The SMILES string of the molecule is CC[C@H]1C(=O)N2C(C(=O)O)=C(/C=C/c3ccc(C)cc3)S[C@H]12. The van der Waals surface area contributed by atoms with E-state index in [-0.39, 0.29) is 22.9 Å². The van der Waals surface area contributed by atoms with Crippen molar-refractivity contribution in [1.29, 1.82) is 0 Å². The van der Waals surface area contributed by atoms with Gasteiger partial charge in [0, 0.05) is 4.91 Å². The monoisotopic (exact) mass is 315 g/mol. The van der Waals surface area contributed by atoms with Crippen LogP contribution in [0.3, 0.4) is 0 Å². The Hall–Kier alpha value is -2.01. The van der Waals surface area contributed by atoms with Gasteiger partial charge in [-0.15, -0.1) is 0 Å². The fraction of sp³-hybridized carbons (Fsp3) is 0.294. The van der Waals surface area contributed by atoms with Crippen molar-refractivity contribution in [2.75, 3.05) is 0 Å². The molecule has 1 fully saturated rings. The summed E-state index contributed by atoms with van der Waals surface area (Å²) in [6.45, 7) is 3.98. The highest BCUT2D eigenvalue weighted by Gasteiger charge is 2.54. The second-order valence-corrected chi connectivity index (χ2v) is 6.65. The van der Waals surface area contributed by atoms with Gasteiger partial charge in [0.05, 0.1) is 11.3 Å². The van der Waals surface area contributed by atoms with Crippen LogP contribution in [0.2, 0.25) is 0 Å². The van der Waals surface area contributed by atoms with Crippen LogP contribution in [0.5, 0.6) is 0 Å². The Bertz CT molecular complexity index is 690. The Kier molecular flexibility index (Phi) is 3.83. The predicted molar refractivity (Wildman–Crippen MR) is 86.9 cm³/mol. The maximum Gasteiger partial charge on any atom is 0.353 e. The Morgan fingerprint density at radius 2 is 2.00 bits per heavy atom. The fourth-order valence-corrected chi connectivity index (χ4v) is 4.25. The summed E-state index contributed by atoms with van der Waals surface area (Å²) in [7, 11) is 0. The Labute approximate surface area is 133 Å². The molecule has 0 unspecified atom stereocenters. The number of carboxylic acids is 1. The number of aliphatic carboxylic acids is 1. The smallest absolute Gasteiger partial charge is 0.353 e. The lowest BCUT2D eigenvalue weighted by molar-refractivity contribution is -0.151. The van der Waals surface area contributed by atoms with Crippen LogP contribution in [0.4, 0.5) is 0 Å². The minimum atomic E-state index is -1.04. The molecule has 0 bridgehead atoms. The van der Waals surface area contributed by atoms with Crippen LogP contribution in [0.25, 0.3) is 6.08 Å². The molecule has 2 heterocycles. The van der Waals surface area contributed by atoms with E-state index in [2.05, 4.69) is 0 Å². The van der Waals surface area contributed by atoms with E-state index in [1.807, 2.05) is 44.2 Å². The first-order valence-electron chi connectivity index (χ1n) is 7.25. The Balaban J connectivity index is 1.88. The first kappa shape index (κ1) is 14.9. The molecule has 2 aliphatic heterocycles. The zero-order chi connectivity index (χ0) is 15.9. The van der Waals surface area contributed by atoms with Crippen molar-refractivity contribution >= 4 is 29.7 Å². The van der Waals surface area contributed by atoms with Crippen molar-refractivity contribution in [3.8, 4) is 0 Å². The molecular weight excluding hydrogens is 298 g/mol. The quantitative estimate of drug-likeness (QED) is 0.867. The minimum absolute atomic E-state index is 0.0544. The van der Waals surface area contributed by atoms with Crippen LogP contribution in [-0.4, -0.2) is 27.3 Å². The summed E-state index contributed by atoms with van der Waals surface area (Å²) in [5, 5.41) is 9.36. The molecule has 4 nitrogen and oxygen atoms in total. The summed E-state index contributed by atoms with van der Waals surface area (Å²) in [5.74, 6) is -1.18. The number of carboxylic acid groups (broad SMARTS) is 1. The molecule has 5 heteroatoms. The molecule has 2 atom stereocenters. The molecule has 1 aromatic rings. The summed E-state index contributed by atoms with van der Waals surface area (Å²) in [4.78, 5) is 25.6. The average molecular weight is 315 g/mol. The van der Waals surface area contributed by atoms with Gasteiger partial charge in [0.2, 0.25) is 5.91 Å². The lowest BCUT2D eigenvalue weighted by atomic mass is 9.94. The lowest BCUT2D eigenvalue weighted by Gasteiger charge is -2.41. The van der Waals surface area contributed by atoms with E-state index in [1.54, 1.807) is 6.08 Å². The van der Waals surface area contributed by atoms with Gasteiger partial charge in [0.15, 0.2) is 0 Å². The molecule has 22 heavy (non-hydrogen) atoms. The van der Waals surface area contributed by atoms with Gasteiger partial charge < -0.3 is 5.11 Å². The van der Waals surface area contributed by atoms with E-state index in [9.17, 15) is 14.7 Å². The second-order valence-electron chi connectivity index (χ2n) is 5.49. The molecule has 1 aromatic carbocycles. The number of hydrogen-bond donors (Lipinski definition) is 1.